The molecule has 0 bridgehead atoms. The molecule has 2 amide bonds. The first-order chi connectivity index (χ1) is 7.73. The van der Waals surface area contributed by atoms with E-state index in [-0.39, 0.29) is 17.2 Å². The van der Waals surface area contributed by atoms with Crippen LogP contribution in [0.4, 0.5) is 0 Å². The summed E-state index contributed by atoms with van der Waals surface area (Å²) in [6.07, 6.45) is 0. The normalized spacial score (nSPS) is 19.1. The Morgan fingerprint density at radius 3 is 1.82 bits per heavy atom. The van der Waals surface area contributed by atoms with E-state index in [4.69, 9.17) is 5.73 Å². The standard InChI is InChI=1S/C12H23N3O2/c1-9(13)10(16)14-5-7-15(8-6-14)11(17)12(2,3)4/h9H,5-8,13H2,1-4H3/t9-/m0/s1. The third-order valence-electron chi connectivity index (χ3n) is 2.91. The van der Waals surface area contributed by atoms with Crippen molar-refractivity contribution in [3.63, 3.8) is 0 Å². The number of carbonyl (C=O) groups is 2. The maximum atomic E-state index is 12.0. The minimum Gasteiger partial charge on any atom is -0.339 e. The molecule has 1 aliphatic rings. The molecule has 1 heterocycles. The Bertz CT molecular complexity index is 299. The summed E-state index contributed by atoms with van der Waals surface area (Å²) in [5, 5.41) is 0. The summed E-state index contributed by atoms with van der Waals surface area (Å²) < 4.78 is 0. The van der Waals surface area contributed by atoms with Gasteiger partial charge in [0.1, 0.15) is 0 Å². The zero-order chi connectivity index (χ0) is 13.2. The molecule has 5 nitrogen and oxygen atoms in total. The first-order valence-electron chi connectivity index (χ1n) is 6.07. The molecule has 0 aliphatic carbocycles. The van der Waals surface area contributed by atoms with E-state index in [0.717, 1.165) is 0 Å². The van der Waals surface area contributed by atoms with Crippen LogP contribution in [0.5, 0.6) is 0 Å². The van der Waals surface area contributed by atoms with Gasteiger partial charge in [0.2, 0.25) is 11.8 Å². The fourth-order valence-corrected chi connectivity index (χ4v) is 1.89. The zero-order valence-electron chi connectivity index (χ0n) is 11.2. The quantitative estimate of drug-likeness (QED) is 0.705. The molecule has 0 aromatic carbocycles. The van der Waals surface area contributed by atoms with E-state index in [1.165, 1.54) is 0 Å². The predicted octanol–water partition coefficient (Wildman–Crippen LogP) is 0.0505. The van der Waals surface area contributed by atoms with Crippen LogP contribution in [0.2, 0.25) is 0 Å². The van der Waals surface area contributed by atoms with E-state index in [1.807, 2.05) is 25.7 Å². The number of hydrogen-bond acceptors (Lipinski definition) is 3. The molecule has 1 atom stereocenters. The smallest absolute Gasteiger partial charge is 0.239 e. The van der Waals surface area contributed by atoms with Crippen molar-refractivity contribution in [2.24, 2.45) is 11.1 Å². The van der Waals surface area contributed by atoms with Crippen molar-refractivity contribution in [1.82, 2.24) is 9.80 Å². The highest BCUT2D eigenvalue weighted by Gasteiger charge is 2.31. The van der Waals surface area contributed by atoms with Crippen LogP contribution in [0.3, 0.4) is 0 Å². The highest BCUT2D eigenvalue weighted by Crippen LogP contribution is 2.18. The molecule has 2 N–H and O–H groups in total. The van der Waals surface area contributed by atoms with Crippen LogP contribution >= 0.6 is 0 Å². The predicted molar refractivity (Wildman–Crippen MR) is 66.3 cm³/mol. The van der Waals surface area contributed by atoms with Crippen LogP contribution in [-0.2, 0) is 9.59 Å². The van der Waals surface area contributed by atoms with Crippen LogP contribution in [-0.4, -0.2) is 53.8 Å². The third-order valence-corrected chi connectivity index (χ3v) is 2.91. The summed E-state index contributed by atoms with van der Waals surface area (Å²) >= 11 is 0. The summed E-state index contributed by atoms with van der Waals surface area (Å²) in [6, 6.07) is -0.458. The second-order valence-electron chi connectivity index (χ2n) is 5.66. The van der Waals surface area contributed by atoms with Gasteiger partial charge in [-0.05, 0) is 6.92 Å². The van der Waals surface area contributed by atoms with Crippen LogP contribution in [0, 0.1) is 5.41 Å². The lowest BCUT2D eigenvalue weighted by atomic mass is 9.94. The van der Waals surface area contributed by atoms with Gasteiger partial charge in [-0.25, -0.2) is 0 Å². The summed E-state index contributed by atoms with van der Waals surface area (Å²) in [7, 11) is 0. The van der Waals surface area contributed by atoms with E-state index < -0.39 is 6.04 Å². The molecule has 0 aromatic heterocycles. The fraction of sp³-hybridized carbons (Fsp3) is 0.833. The monoisotopic (exact) mass is 241 g/mol. The van der Waals surface area contributed by atoms with Gasteiger partial charge >= 0.3 is 0 Å². The number of nitrogens with zero attached hydrogens (tertiary/aromatic N) is 2. The van der Waals surface area contributed by atoms with E-state index in [2.05, 4.69) is 0 Å². The van der Waals surface area contributed by atoms with Crippen LogP contribution < -0.4 is 5.73 Å². The third kappa shape index (κ3) is 3.43. The van der Waals surface area contributed by atoms with Crippen molar-refractivity contribution in [2.75, 3.05) is 26.2 Å². The number of amides is 2. The molecule has 0 saturated carbocycles. The SMILES string of the molecule is C[C@H](N)C(=O)N1CCN(C(=O)C(C)(C)C)CC1. The van der Waals surface area contributed by atoms with Gasteiger partial charge in [-0.1, -0.05) is 20.8 Å². The van der Waals surface area contributed by atoms with Gasteiger partial charge in [-0.3, -0.25) is 9.59 Å². The maximum absolute atomic E-state index is 12.0. The Hall–Kier alpha value is -1.10. The van der Waals surface area contributed by atoms with Gasteiger partial charge in [-0.15, -0.1) is 0 Å². The van der Waals surface area contributed by atoms with Crippen molar-refractivity contribution >= 4 is 11.8 Å². The van der Waals surface area contributed by atoms with E-state index in [1.54, 1.807) is 11.8 Å². The molecule has 5 heteroatoms. The molecule has 0 aromatic rings. The molecule has 0 radical (unpaired) electrons. The lowest BCUT2D eigenvalue weighted by Gasteiger charge is -2.38. The van der Waals surface area contributed by atoms with Gasteiger partial charge in [0.15, 0.2) is 0 Å². The first kappa shape index (κ1) is 14.0. The molecule has 1 aliphatic heterocycles. The Morgan fingerprint density at radius 2 is 1.47 bits per heavy atom. The summed E-state index contributed by atoms with van der Waals surface area (Å²) in [5.74, 6) is 0.109. The van der Waals surface area contributed by atoms with Crippen LogP contribution in [0.1, 0.15) is 27.7 Å². The van der Waals surface area contributed by atoms with Crippen LogP contribution in [0.25, 0.3) is 0 Å². The molecule has 1 fully saturated rings. The summed E-state index contributed by atoms with van der Waals surface area (Å²) in [5.41, 5.74) is 5.20. The molecule has 0 unspecified atom stereocenters. The van der Waals surface area contributed by atoms with Gasteiger partial charge in [-0.2, -0.15) is 0 Å². The largest absolute Gasteiger partial charge is 0.339 e. The Labute approximate surface area is 103 Å². The molecule has 1 saturated heterocycles. The lowest BCUT2D eigenvalue weighted by molar-refractivity contribution is -0.145. The van der Waals surface area contributed by atoms with Gasteiger partial charge < -0.3 is 15.5 Å². The minimum absolute atomic E-state index is 0.0344. The van der Waals surface area contributed by atoms with Crippen molar-refractivity contribution < 1.29 is 9.59 Å². The fourth-order valence-electron chi connectivity index (χ4n) is 1.89. The summed E-state index contributed by atoms with van der Waals surface area (Å²) in [4.78, 5) is 27.3. The van der Waals surface area contributed by atoms with E-state index >= 15 is 0 Å². The maximum Gasteiger partial charge on any atom is 0.239 e. The number of nitrogens with two attached hydrogens (primary N) is 1. The molecule has 98 valence electrons. The topological polar surface area (TPSA) is 66.6 Å². The zero-order valence-corrected chi connectivity index (χ0v) is 11.2. The summed E-state index contributed by atoms with van der Waals surface area (Å²) in [6.45, 7) is 9.81. The number of hydrogen-bond donors (Lipinski definition) is 1. The molecular formula is C12H23N3O2. The van der Waals surface area contributed by atoms with E-state index in [0.29, 0.717) is 26.2 Å². The molecular weight excluding hydrogens is 218 g/mol. The number of rotatable bonds is 1. The van der Waals surface area contributed by atoms with Gasteiger partial charge in [0.05, 0.1) is 6.04 Å². The minimum atomic E-state index is -0.458. The Morgan fingerprint density at radius 1 is 1.06 bits per heavy atom. The highest BCUT2D eigenvalue weighted by molar-refractivity contribution is 5.83. The second-order valence-corrected chi connectivity index (χ2v) is 5.66. The molecule has 0 spiro atoms. The molecule has 17 heavy (non-hydrogen) atoms. The number of piperazine rings is 1. The van der Waals surface area contributed by atoms with Crippen LogP contribution in [0.15, 0.2) is 0 Å². The van der Waals surface area contributed by atoms with E-state index in [9.17, 15) is 9.59 Å². The second kappa shape index (κ2) is 5.04. The van der Waals surface area contributed by atoms with Gasteiger partial charge in [0, 0.05) is 31.6 Å². The Balaban J connectivity index is 2.52. The molecule has 1 rings (SSSR count). The lowest BCUT2D eigenvalue weighted by Crippen LogP contribution is -2.55. The average Bonchev–Trinajstić information content (AvgIpc) is 2.26. The Kier molecular flexibility index (Phi) is 4.14. The highest BCUT2D eigenvalue weighted by atomic mass is 16.2. The average molecular weight is 241 g/mol. The number of carbonyl (C=O) groups excluding carboxylic acids is 2. The van der Waals surface area contributed by atoms with Gasteiger partial charge in [0.25, 0.3) is 0 Å². The van der Waals surface area contributed by atoms with Crippen molar-refractivity contribution in [3.8, 4) is 0 Å². The van der Waals surface area contributed by atoms with Crippen molar-refractivity contribution in [1.29, 1.82) is 0 Å². The van der Waals surface area contributed by atoms with Crippen molar-refractivity contribution in [2.45, 2.75) is 33.7 Å². The van der Waals surface area contributed by atoms with Crippen molar-refractivity contribution in [3.05, 3.63) is 0 Å². The first-order valence-corrected chi connectivity index (χ1v) is 6.07.